The summed E-state index contributed by atoms with van der Waals surface area (Å²) in [5.74, 6) is -0.180. The van der Waals surface area contributed by atoms with E-state index in [2.05, 4.69) is 5.32 Å². The van der Waals surface area contributed by atoms with Crippen molar-refractivity contribution in [1.82, 2.24) is 5.32 Å². The van der Waals surface area contributed by atoms with Crippen molar-refractivity contribution in [3.8, 4) is 16.9 Å². The first-order valence-corrected chi connectivity index (χ1v) is 12.6. The van der Waals surface area contributed by atoms with E-state index < -0.39 is 12.0 Å². The number of hydrogen-bond acceptors (Lipinski definition) is 4. The van der Waals surface area contributed by atoms with E-state index in [0.29, 0.717) is 11.6 Å². The fourth-order valence-corrected chi connectivity index (χ4v) is 4.02. The van der Waals surface area contributed by atoms with Gasteiger partial charge in [0, 0.05) is 17.5 Å². The average Bonchev–Trinajstić information content (AvgIpc) is 2.96. The zero-order valence-corrected chi connectivity index (χ0v) is 21.7. The summed E-state index contributed by atoms with van der Waals surface area (Å²) in [5, 5.41) is 3.43. The third-order valence-corrected chi connectivity index (χ3v) is 6.16. The second-order valence-corrected chi connectivity index (χ2v) is 9.11. The van der Waals surface area contributed by atoms with E-state index >= 15 is 0 Å². The van der Waals surface area contributed by atoms with Crippen molar-refractivity contribution in [2.45, 2.75) is 19.1 Å². The molecule has 192 valence electrons. The van der Waals surface area contributed by atoms with E-state index in [1.54, 1.807) is 6.08 Å². The predicted octanol–water partition coefficient (Wildman–Crippen LogP) is 6.50. The highest BCUT2D eigenvalue weighted by atomic mass is 35.5. The highest BCUT2D eigenvalue weighted by Gasteiger charge is 2.21. The maximum atomic E-state index is 12.7. The van der Waals surface area contributed by atoms with Gasteiger partial charge in [-0.2, -0.15) is 0 Å². The van der Waals surface area contributed by atoms with Gasteiger partial charge in [-0.25, -0.2) is 4.79 Å². The minimum atomic E-state index is -0.825. The molecule has 0 aromatic heterocycles. The summed E-state index contributed by atoms with van der Waals surface area (Å²) in [6, 6.07) is 31.9. The topological polar surface area (TPSA) is 64.6 Å². The van der Waals surface area contributed by atoms with E-state index in [1.165, 1.54) is 13.2 Å². The lowest BCUT2D eigenvalue weighted by atomic mass is 10.0. The predicted molar refractivity (Wildman–Crippen MR) is 151 cm³/mol. The molecule has 1 atom stereocenters. The van der Waals surface area contributed by atoms with Crippen LogP contribution in [0.4, 0.5) is 0 Å². The Bertz CT molecular complexity index is 1380. The number of nitrogens with one attached hydrogen (secondary N) is 1. The van der Waals surface area contributed by atoms with Gasteiger partial charge in [0.2, 0.25) is 5.91 Å². The van der Waals surface area contributed by atoms with E-state index in [0.717, 1.165) is 33.6 Å². The van der Waals surface area contributed by atoms with Crippen molar-refractivity contribution in [3.63, 3.8) is 0 Å². The molecule has 0 aliphatic carbocycles. The number of carbonyl (C=O) groups excluding carboxylic acids is 2. The normalized spacial score (nSPS) is 11.6. The third-order valence-electron chi connectivity index (χ3n) is 5.91. The largest absolute Gasteiger partial charge is 0.489 e. The molecule has 0 aliphatic heterocycles. The first-order chi connectivity index (χ1) is 18.5. The number of rotatable bonds is 10. The molecule has 0 aliphatic rings. The SMILES string of the molecule is COC(=O)[C@H](Cc1ccc(OCc2ccccc2)cc1)NC(=O)C=Cc1cccc(-c2ccc(Cl)cc2)c1. The minimum Gasteiger partial charge on any atom is -0.489 e. The van der Waals surface area contributed by atoms with Gasteiger partial charge >= 0.3 is 5.97 Å². The van der Waals surface area contributed by atoms with Crippen LogP contribution in [0.25, 0.3) is 17.2 Å². The molecule has 4 aromatic rings. The molecule has 1 amide bonds. The van der Waals surface area contributed by atoms with Crippen LogP contribution in [0.15, 0.2) is 109 Å². The monoisotopic (exact) mass is 525 g/mol. The van der Waals surface area contributed by atoms with Crippen LogP contribution >= 0.6 is 11.6 Å². The van der Waals surface area contributed by atoms with Crippen LogP contribution in [0.2, 0.25) is 5.02 Å². The average molecular weight is 526 g/mol. The molecule has 0 saturated carbocycles. The van der Waals surface area contributed by atoms with Gasteiger partial charge in [-0.05, 0) is 64.2 Å². The molecule has 6 heteroatoms. The second kappa shape index (κ2) is 13.3. The van der Waals surface area contributed by atoms with Crippen LogP contribution < -0.4 is 10.1 Å². The minimum absolute atomic E-state index is 0.289. The van der Waals surface area contributed by atoms with Crippen molar-refractivity contribution in [2.24, 2.45) is 0 Å². The van der Waals surface area contributed by atoms with Gasteiger partial charge < -0.3 is 14.8 Å². The molecule has 0 heterocycles. The van der Waals surface area contributed by atoms with E-state index in [4.69, 9.17) is 21.1 Å². The van der Waals surface area contributed by atoms with Gasteiger partial charge in [-0.3, -0.25) is 4.79 Å². The van der Waals surface area contributed by atoms with Gasteiger partial charge in [0.15, 0.2) is 0 Å². The number of halogens is 1. The highest BCUT2D eigenvalue weighted by molar-refractivity contribution is 6.30. The first-order valence-electron chi connectivity index (χ1n) is 12.2. The molecule has 1 N–H and O–H groups in total. The Morgan fingerprint density at radius 2 is 1.58 bits per heavy atom. The molecular weight excluding hydrogens is 498 g/mol. The number of methoxy groups -OCH3 is 1. The zero-order valence-electron chi connectivity index (χ0n) is 21.0. The van der Waals surface area contributed by atoms with Crippen molar-refractivity contribution < 1.29 is 19.1 Å². The lowest BCUT2D eigenvalue weighted by Crippen LogP contribution is -2.42. The first kappa shape index (κ1) is 26.7. The van der Waals surface area contributed by atoms with Gasteiger partial charge in [0.25, 0.3) is 0 Å². The fraction of sp³-hybridized carbons (Fsp3) is 0.125. The Labute approximate surface area is 227 Å². The maximum absolute atomic E-state index is 12.7. The summed E-state index contributed by atoms with van der Waals surface area (Å²) < 4.78 is 10.7. The summed E-state index contributed by atoms with van der Waals surface area (Å²) >= 11 is 5.99. The molecule has 4 rings (SSSR count). The quantitative estimate of drug-likeness (QED) is 0.189. The van der Waals surface area contributed by atoms with Crippen molar-refractivity contribution in [3.05, 3.63) is 131 Å². The molecule has 5 nitrogen and oxygen atoms in total. The summed E-state index contributed by atoms with van der Waals surface area (Å²) in [6.45, 7) is 0.468. The third kappa shape index (κ3) is 7.82. The van der Waals surface area contributed by atoms with Crippen LogP contribution in [0.1, 0.15) is 16.7 Å². The Balaban J connectivity index is 1.36. The van der Waals surface area contributed by atoms with Gasteiger partial charge in [-0.15, -0.1) is 0 Å². The Kier molecular flexibility index (Phi) is 9.32. The molecule has 38 heavy (non-hydrogen) atoms. The molecule has 0 fully saturated rings. The zero-order chi connectivity index (χ0) is 26.7. The van der Waals surface area contributed by atoms with E-state index in [1.807, 2.05) is 103 Å². The Morgan fingerprint density at radius 3 is 2.29 bits per heavy atom. The summed E-state index contributed by atoms with van der Waals surface area (Å²) in [5.41, 5.74) is 4.83. The van der Waals surface area contributed by atoms with Crippen molar-refractivity contribution in [1.29, 1.82) is 0 Å². The van der Waals surface area contributed by atoms with Crippen molar-refractivity contribution in [2.75, 3.05) is 7.11 Å². The molecule has 0 unspecified atom stereocenters. The summed E-state index contributed by atoms with van der Waals surface area (Å²) in [7, 11) is 1.31. The molecule has 0 radical (unpaired) electrons. The fourth-order valence-electron chi connectivity index (χ4n) is 3.89. The lowest BCUT2D eigenvalue weighted by molar-refractivity contribution is -0.144. The smallest absolute Gasteiger partial charge is 0.328 e. The number of ether oxygens (including phenoxy) is 2. The molecule has 4 aromatic carbocycles. The molecular formula is C32H28ClNO4. The summed E-state index contributed by atoms with van der Waals surface area (Å²) in [6.07, 6.45) is 3.41. The van der Waals surface area contributed by atoms with Crippen LogP contribution in [-0.2, 0) is 27.4 Å². The highest BCUT2D eigenvalue weighted by Crippen LogP contribution is 2.23. The number of hydrogen-bond donors (Lipinski definition) is 1. The molecule has 0 bridgehead atoms. The molecule has 0 saturated heterocycles. The van der Waals surface area contributed by atoms with Crippen LogP contribution in [0.5, 0.6) is 5.75 Å². The van der Waals surface area contributed by atoms with Crippen molar-refractivity contribution >= 4 is 29.6 Å². The van der Waals surface area contributed by atoms with Crippen LogP contribution in [0, 0.1) is 0 Å². The van der Waals surface area contributed by atoms with Crippen LogP contribution in [-0.4, -0.2) is 25.0 Å². The maximum Gasteiger partial charge on any atom is 0.328 e. The lowest BCUT2D eigenvalue weighted by Gasteiger charge is -2.16. The summed E-state index contributed by atoms with van der Waals surface area (Å²) in [4.78, 5) is 25.0. The number of esters is 1. The Morgan fingerprint density at radius 1 is 0.842 bits per heavy atom. The second-order valence-electron chi connectivity index (χ2n) is 8.67. The standard InChI is InChI=1S/C32H28ClNO4/c1-37-32(36)30(21-24-10-17-29(18-11-24)38-22-25-6-3-2-4-7-25)34-31(35)19-12-23-8-5-9-27(20-23)26-13-15-28(33)16-14-26/h2-20,30H,21-22H2,1H3,(H,34,35)/t30-/m0/s1. The van der Waals surface area contributed by atoms with E-state index in [9.17, 15) is 9.59 Å². The number of benzene rings is 4. The Hall–Kier alpha value is -4.35. The van der Waals surface area contributed by atoms with Crippen LogP contribution in [0.3, 0.4) is 0 Å². The van der Waals surface area contributed by atoms with Gasteiger partial charge in [-0.1, -0.05) is 84.4 Å². The van der Waals surface area contributed by atoms with E-state index in [-0.39, 0.29) is 12.3 Å². The van der Waals surface area contributed by atoms with Gasteiger partial charge in [0.1, 0.15) is 18.4 Å². The number of carbonyl (C=O) groups is 2. The molecule has 0 spiro atoms. The number of amides is 1. The van der Waals surface area contributed by atoms with Gasteiger partial charge in [0.05, 0.1) is 7.11 Å².